The van der Waals surface area contributed by atoms with E-state index in [9.17, 15) is 14.0 Å². The van der Waals surface area contributed by atoms with Gasteiger partial charge in [-0.1, -0.05) is 36.1 Å². The molecule has 3 heterocycles. The summed E-state index contributed by atoms with van der Waals surface area (Å²) in [6, 6.07) is 6.29. The molecule has 1 fully saturated rings. The second-order valence-corrected chi connectivity index (χ2v) is 9.66. The fraction of sp³-hybridized carbons (Fsp3) is 0.160. The van der Waals surface area contributed by atoms with Crippen LogP contribution in [-0.2, 0) is 0 Å². The fourth-order valence-electron chi connectivity index (χ4n) is 4.49. The van der Waals surface area contributed by atoms with E-state index in [0.717, 1.165) is 11.3 Å². The van der Waals surface area contributed by atoms with Gasteiger partial charge >= 0.3 is 0 Å². The SMILES string of the molecule is C=C(F)C(=C)N1CCN(c2c(C#N)cnc3c(F)c(-c4ccc(F)c5sc(N)nc45)c(Cl)cc23)CC1. The standard InChI is InChI=1S/C25H18ClF3N6S/c1-12(27)13(2)34-5-7-35(8-6-34)23-14(10-30)11-32-21-16(23)9-17(26)19(20(21)29)15-3-4-18(28)24-22(15)33-25(31)36-24/h3-4,9,11H,1-2,5-8H2,(H2,31,33). The average Bonchev–Trinajstić information content (AvgIpc) is 3.26. The number of halogens is 4. The smallest absolute Gasteiger partial charge is 0.181 e. The number of benzene rings is 2. The Morgan fingerprint density at radius 2 is 1.89 bits per heavy atom. The third-order valence-electron chi connectivity index (χ3n) is 6.22. The van der Waals surface area contributed by atoms with Gasteiger partial charge in [0.05, 0.1) is 32.2 Å². The van der Waals surface area contributed by atoms with E-state index in [1.165, 1.54) is 18.3 Å². The molecule has 0 unspecified atom stereocenters. The number of nitrogens with two attached hydrogens (primary N) is 1. The Hall–Kier alpha value is -3.81. The first kappa shape index (κ1) is 23.9. The molecule has 5 rings (SSSR count). The summed E-state index contributed by atoms with van der Waals surface area (Å²) in [5, 5.41) is 10.3. The van der Waals surface area contributed by atoms with Gasteiger partial charge in [-0.3, -0.25) is 4.98 Å². The van der Waals surface area contributed by atoms with Crippen molar-refractivity contribution in [1.82, 2.24) is 14.9 Å². The van der Waals surface area contributed by atoms with Gasteiger partial charge in [-0.15, -0.1) is 0 Å². The Bertz CT molecular complexity index is 1620. The number of hydrogen-bond donors (Lipinski definition) is 1. The van der Waals surface area contributed by atoms with E-state index in [4.69, 9.17) is 17.3 Å². The fourth-order valence-corrected chi connectivity index (χ4v) is 5.54. The van der Waals surface area contributed by atoms with Crippen LogP contribution in [0.4, 0.5) is 24.0 Å². The van der Waals surface area contributed by atoms with Crippen molar-refractivity contribution in [3.8, 4) is 17.2 Å². The third kappa shape index (κ3) is 3.81. The molecule has 4 aromatic rings. The highest BCUT2D eigenvalue weighted by Crippen LogP contribution is 2.43. The van der Waals surface area contributed by atoms with Crippen LogP contribution in [0.3, 0.4) is 0 Å². The van der Waals surface area contributed by atoms with Crippen molar-refractivity contribution < 1.29 is 13.2 Å². The third-order valence-corrected chi connectivity index (χ3v) is 7.41. The number of hydrogen-bond acceptors (Lipinski definition) is 7. The molecule has 6 nitrogen and oxygen atoms in total. The molecule has 1 aliphatic rings. The summed E-state index contributed by atoms with van der Waals surface area (Å²) >= 11 is 7.57. The van der Waals surface area contributed by atoms with Crippen LogP contribution in [0.5, 0.6) is 0 Å². The Morgan fingerprint density at radius 1 is 1.17 bits per heavy atom. The zero-order valence-electron chi connectivity index (χ0n) is 18.8. The molecular weight excluding hydrogens is 509 g/mol. The number of nitrogens with zero attached hydrogens (tertiary/aromatic N) is 5. The highest BCUT2D eigenvalue weighted by atomic mass is 35.5. The number of thiazole rings is 1. The number of allylic oxidation sites excluding steroid dienone is 1. The van der Waals surface area contributed by atoms with Crippen molar-refractivity contribution in [3.05, 3.63) is 71.3 Å². The zero-order valence-corrected chi connectivity index (χ0v) is 20.4. The van der Waals surface area contributed by atoms with E-state index < -0.39 is 17.5 Å². The lowest BCUT2D eigenvalue weighted by molar-refractivity contribution is 0.316. The number of pyridine rings is 1. The summed E-state index contributed by atoms with van der Waals surface area (Å²) < 4.78 is 44.1. The number of nitrogen functional groups attached to an aromatic ring is 1. The quantitative estimate of drug-likeness (QED) is 0.328. The van der Waals surface area contributed by atoms with Crippen molar-refractivity contribution >= 4 is 54.9 Å². The van der Waals surface area contributed by atoms with Crippen molar-refractivity contribution in [1.29, 1.82) is 5.26 Å². The number of fused-ring (bicyclic) bond motifs is 2. The summed E-state index contributed by atoms with van der Waals surface area (Å²) in [6.45, 7) is 8.73. The Labute approximate surface area is 213 Å². The minimum absolute atomic E-state index is 0.00746. The molecule has 2 aromatic heterocycles. The van der Waals surface area contributed by atoms with Gasteiger partial charge in [0.15, 0.2) is 10.9 Å². The van der Waals surface area contributed by atoms with E-state index >= 15 is 4.39 Å². The van der Waals surface area contributed by atoms with Gasteiger partial charge in [0.1, 0.15) is 23.2 Å². The molecule has 0 amide bonds. The molecule has 0 aliphatic carbocycles. The zero-order chi connectivity index (χ0) is 25.7. The first-order valence-electron chi connectivity index (χ1n) is 10.8. The molecule has 0 atom stereocenters. The molecule has 0 spiro atoms. The lowest BCUT2D eigenvalue weighted by atomic mass is 9.99. The van der Waals surface area contributed by atoms with Crippen LogP contribution >= 0.6 is 22.9 Å². The van der Waals surface area contributed by atoms with Gasteiger partial charge in [0.25, 0.3) is 0 Å². The van der Waals surface area contributed by atoms with Crippen molar-refractivity contribution in [2.24, 2.45) is 0 Å². The summed E-state index contributed by atoms with van der Waals surface area (Å²) in [7, 11) is 0. The number of aromatic nitrogens is 2. The second-order valence-electron chi connectivity index (χ2n) is 8.23. The highest BCUT2D eigenvalue weighted by Gasteiger charge is 2.27. The molecular formula is C25H18ClF3N6S. The molecule has 36 heavy (non-hydrogen) atoms. The lowest BCUT2D eigenvalue weighted by Gasteiger charge is -2.38. The van der Waals surface area contributed by atoms with Gasteiger partial charge in [0.2, 0.25) is 0 Å². The first-order chi connectivity index (χ1) is 17.2. The maximum atomic E-state index is 16.0. The normalized spacial score (nSPS) is 13.9. The monoisotopic (exact) mass is 526 g/mol. The molecule has 2 N–H and O–H groups in total. The van der Waals surface area contributed by atoms with Crippen LogP contribution in [0.25, 0.3) is 32.2 Å². The lowest BCUT2D eigenvalue weighted by Crippen LogP contribution is -2.46. The number of anilines is 2. The second kappa shape index (κ2) is 9.00. The van der Waals surface area contributed by atoms with E-state index in [1.54, 1.807) is 11.0 Å². The number of nitriles is 1. The topological polar surface area (TPSA) is 82.1 Å². The average molecular weight is 527 g/mol. The van der Waals surface area contributed by atoms with Crippen LogP contribution in [0, 0.1) is 23.0 Å². The number of rotatable bonds is 4. The van der Waals surface area contributed by atoms with Crippen molar-refractivity contribution in [2.45, 2.75) is 0 Å². The number of piperazine rings is 1. The van der Waals surface area contributed by atoms with E-state index in [0.29, 0.717) is 37.3 Å². The summed E-state index contributed by atoms with van der Waals surface area (Å²) in [5.74, 6) is -1.84. The molecule has 0 radical (unpaired) electrons. The molecule has 1 saturated heterocycles. The van der Waals surface area contributed by atoms with Crippen LogP contribution < -0.4 is 10.6 Å². The Balaban J connectivity index is 1.65. The Morgan fingerprint density at radius 3 is 2.56 bits per heavy atom. The molecule has 1 aliphatic heterocycles. The highest BCUT2D eigenvalue weighted by molar-refractivity contribution is 7.22. The molecule has 182 valence electrons. The van der Waals surface area contributed by atoms with Crippen LogP contribution in [0.1, 0.15) is 5.56 Å². The van der Waals surface area contributed by atoms with Crippen molar-refractivity contribution in [2.75, 3.05) is 36.8 Å². The van der Waals surface area contributed by atoms with E-state index in [2.05, 4.69) is 29.2 Å². The van der Waals surface area contributed by atoms with Crippen LogP contribution in [-0.4, -0.2) is 41.0 Å². The van der Waals surface area contributed by atoms with Gasteiger partial charge in [0, 0.05) is 48.9 Å². The summed E-state index contributed by atoms with van der Waals surface area (Å²) in [4.78, 5) is 12.1. The Kier molecular flexibility index (Phi) is 5.98. The maximum Gasteiger partial charge on any atom is 0.181 e. The van der Waals surface area contributed by atoms with Crippen LogP contribution in [0.2, 0.25) is 5.02 Å². The molecule has 0 bridgehead atoms. The maximum absolute atomic E-state index is 16.0. The van der Waals surface area contributed by atoms with Gasteiger partial charge < -0.3 is 15.5 Å². The summed E-state index contributed by atoms with van der Waals surface area (Å²) in [6.07, 6.45) is 1.31. The van der Waals surface area contributed by atoms with Gasteiger partial charge in [-0.05, 0) is 18.2 Å². The van der Waals surface area contributed by atoms with E-state index in [-0.39, 0.29) is 48.3 Å². The van der Waals surface area contributed by atoms with Gasteiger partial charge in [-0.2, -0.15) is 5.26 Å². The van der Waals surface area contributed by atoms with Crippen LogP contribution in [0.15, 0.2) is 49.1 Å². The largest absolute Gasteiger partial charge is 0.375 e. The summed E-state index contributed by atoms with van der Waals surface area (Å²) in [5.41, 5.74) is 7.25. The minimum atomic E-state index is -0.719. The first-order valence-corrected chi connectivity index (χ1v) is 12.0. The predicted molar refractivity (Wildman–Crippen MR) is 138 cm³/mol. The molecule has 11 heteroatoms. The predicted octanol–water partition coefficient (Wildman–Crippen LogP) is 6.02. The van der Waals surface area contributed by atoms with E-state index in [1.807, 2.05) is 4.90 Å². The molecule has 0 saturated carbocycles. The van der Waals surface area contributed by atoms with Gasteiger partial charge in [-0.25, -0.2) is 18.2 Å². The van der Waals surface area contributed by atoms with Crippen molar-refractivity contribution in [3.63, 3.8) is 0 Å². The molecule has 2 aromatic carbocycles. The minimum Gasteiger partial charge on any atom is -0.375 e.